The predicted molar refractivity (Wildman–Crippen MR) is 204 cm³/mol. The quantitative estimate of drug-likeness (QED) is 0.0362. The number of hydrogen-bond donors (Lipinski definition) is 0. The van der Waals surface area contributed by atoms with Crippen LogP contribution in [0.4, 0.5) is 0 Å². The van der Waals surface area contributed by atoms with Crippen LogP contribution in [-0.2, 0) is 23.6 Å². The van der Waals surface area contributed by atoms with Gasteiger partial charge in [0.05, 0.1) is 0 Å². The fraction of sp³-hybridized carbons (Fsp3) is 0.878. The zero-order valence-corrected chi connectivity index (χ0v) is 35.3. The fourth-order valence-electron chi connectivity index (χ4n) is 5.93. The Labute approximate surface area is 303 Å². The van der Waals surface area contributed by atoms with Crippen molar-refractivity contribution < 1.29 is 23.6 Å². The molecule has 0 heterocycles. The minimum Gasteiger partial charge on any atom is -0.0654 e. The van der Waals surface area contributed by atoms with E-state index < -0.39 is 37.5 Å². The molecule has 0 fully saturated rings. The van der Waals surface area contributed by atoms with Crippen LogP contribution in [0.15, 0.2) is 11.6 Å². The molecule has 0 bridgehead atoms. The van der Waals surface area contributed by atoms with Crippen molar-refractivity contribution in [1.82, 2.24) is 0 Å². The molecule has 0 atom stereocenters. The van der Waals surface area contributed by atoms with E-state index in [0.29, 0.717) is 0 Å². The van der Waals surface area contributed by atoms with Gasteiger partial charge in [0.15, 0.2) is 0 Å². The molecule has 6 nitrogen and oxygen atoms in total. The van der Waals surface area contributed by atoms with Crippen LogP contribution in [0.1, 0.15) is 227 Å². The van der Waals surface area contributed by atoms with Crippen molar-refractivity contribution >= 4 is 37.5 Å². The van der Waals surface area contributed by atoms with E-state index in [4.69, 9.17) is 9.22 Å². The summed E-state index contributed by atoms with van der Waals surface area (Å²) in [5.41, 5.74) is 1.01. The van der Waals surface area contributed by atoms with Crippen molar-refractivity contribution in [2.45, 2.75) is 232 Å². The van der Waals surface area contributed by atoms with E-state index in [9.17, 15) is 14.4 Å². The van der Waals surface area contributed by atoms with Crippen LogP contribution in [0.5, 0.6) is 0 Å². The van der Waals surface area contributed by atoms with E-state index in [1.807, 2.05) is 19.9 Å². The van der Waals surface area contributed by atoms with Crippen molar-refractivity contribution in [3.05, 3.63) is 11.6 Å². The average molecular weight is 786 g/mol. The van der Waals surface area contributed by atoms with Gasteiger partial charge >= 0.3 is 284 Å². The molecule has 0 aliphatic rings. The van der Waals surface area contributed by atoms with Gasteiger partial charge in [0.1, 0.15) is 0 Å². The molecule has 0 N–H and O–H groups in total. The van der Waals surface area contributed by atoms with Crippen LogP contribution in [0.3, 0.4) is 0 Å². The van der Waals surface area contributed by atoms with E-state index in [0.717, 1.165) is 63.4 Å². The molecule has 282 valence electrons. The minimum atomic E-state index is -4.93. The minimum absolute atomic E-state index is 0.202. The van der Waals surface area contributed by atoms with Gasteiger partial charge in [-0.25, -0.2) is 0 Å². The molecule has 0 unspecified atom stereocenters. The van der Waals surface area contributed by atoms with Crippen molar-refractivity contribution in [3.63, 3.8) is 0 Å². The zero-order chi connectivity index (χ0) is 35.6. The van der Waals surface area contributed by atoms with E-state index in [-0.39, 0.29) is 23.7 Å². The SMILES string of the molecule is CCCCCCCCCCCC(=O)[O][Sn]([CH2]C=C(C)C)([O]C(=O)CCCCCCCCCCC)[O]C(=O)CCCCCCCCCCC. The molecular formula is C41H78O6Sn. The topological polar surface area (TPSA) is 78.9 Å². The number of rotatable bonds is 35. The molecule has 0 saturated carbocycles. The number of unbranched alkanes of at least 4 members (excludes halogenated alkanes) is 24. The van der Waals surface area contributed by atoms with Crippen LogP contribution in [0.25, 0.3) is 0 Å². The van der Waals surface area contributed by atoms with Gasteiger partial charge in [0, 0.05) is 0 Å². The first-order chi connectivity index (χ1) is 23.3. The zero-order valence-electron chi connectivity index (χ0n) is 32.4. The Kier molecular flexibility index (Phi) is 33.6. The molecule has 0 rings (SSSR count). The molecule has 48 heavy (non-hydrogen) atoms. The summed E-state index contributed by atoms with van der Waals surface area (Å²) in [6, 6.07) is 0. The third kappa shape index (κ3) is 31.0. The molecule has 0 aromatic heterocycles. The van der Waals surface area contributed by atoms with Gasteiger partial charge in [-0.1, -0.05) is 20.8 Å². The second-order valence-electron chi connectivity index (χ2n) is 14.3. The number of carbonyl (C=O) groups is 3. The summed E-state index contributed by atoms with van der Waals surface area (Å²) in [7, 11) is 0. The van der Waals surface area contributed by atoms with Gasteiger partial charge in [-0.2, -0.15) is 0 Å². The Morgan fingerprint density at radius 3 is 0.854 bits per heavy atom. The van der Waals surface area contributed by atoms with Gasteiger partial charge in [-0.15, -0.1) is 0 Å². The van der Waals surface area contributed by atoms with E-state index in [2.05, 4.69) is 20.8 Å². The van der Waals surface area contributed by atoms with Crippen LogP contribution in [-0.4, -0.2) is 37.5 Å². The summed E-state index contributed by atoms with van der Waals surface area (Å²) < 4.78 is 18.3. The number of carbonyl (C=O) groups excluding carboxylic acids is 3. The first-order valence-electron chi connectivity index (χ1n) is 20.6. The van der Waals surface area contributed by atoms with Crippen LogP contribution < -0.4 is 0 Å². The van der Waals surface area contributed by atoms with Gasteiger partial charge in [-0.3, -0.25) is 0 Å². The molecule has 0 aliphatic heterocycles. The maximum atomic E-state index is 13.2. The summed E-state index contributed by atoms with van der Waals surface area (Å²) in [5, 5.41) is 0. The Morgan fingerprint density at radius 1 is 0.396 bits per heavy atom. The molecular weight excluding hydrogens is 707 g/mol. The predicted octanol–water partition coefficient (Wildman–Crippen LogP) is 13.3. The first kappa shape index (κ1) is 46.9. The van der Waals surface area contributed by atoms with Crippen LogP contribution in [0, 0.1) is 0 Å². The van der Waals surface area contributed by atoms with Gasteiger partial charge in [-0.05, 0) is 0 Å². The molecule has 7 heteroatoms. The van der Waals surface area contributed by atoms with Crippen LogP contribution in [0.2, 0.25) is 4.44 Å². The smallest absolute Gasteiger partial charge is 0.0654 e. The second kappa shape index (κ2) is 34.4. The third-order valence-electron chi connectivity index (χ3n) is 9.02. The molecule has 0 radical (unpaired) electrons. The van der Waals surface area contributed by atoms with E-state index in [1.54, 1.807) is 0 Å². The second-order valence-corrected chi connectivity index (χ2v) is 21.1. The third-order valence-corrected chi connectivity index (χ3v) is 15.6. The van der Waals surface area contributed by atoms with Crippen molar-refractivity contribution in [2.24, 2.45) is 0 Å². The molecule has 0 amide bonds. The molecule has 0 saturated heterocycles. The van der Waals surface area contributed by atoms with Crippen molar-refractivity contribution in [1.29, 1.82) is 0 Å². The number of hydrogen-bond acceptors (Lipinski definition) is 6. The normalized spacial score (nSPS) is 11.4. The van der Waals surface area contributed by atoms with Crippen molar-refractivity contribution in [3.8, 4) is 0 Å². The number of allylic oxidation sites excluding steroid dienone is 2. The molecule has 0 aromatic rings. The van der Waals surface area contributed by atoms with Gasteiger partial charge in [0.2, 0.25) is 0 Å². The Morgan fingerprint density at radius 2 is 0.625 bits per heavy atom. The van der Waals surface area contributed by atoms with Gasteiger partial charge in [0.25, 0.3) is 0 Å². The summed E-state index contributed by atoms with van der Waals surface area (Å²) in [6.07, 6.45) is 33.9. The van der Waals surface area contributed by atoms with Crippen molar-refractivity contribution in [2.75, 3.05) is 0 Å². The monoisotopic (exact) mass is 786 g/mol. The summed E-state index contributed by atoms with van der Waals surface area (Å²) in [4.78, 5) is 39.5. The van der Waals surface area contributed by atoms with E-state index >= 15 is 0 Å². The summed E-state index contributed by atoms with van der Waals surface area (Å²) >= 11 is -4.93. The Hall–Kier alpha value is -1.05. The molecule has 0 spiro atoms. The maximum absolute atomic E-state index is 13.2. The first-order valence-corrected chi connectivity index (χ1v) is 26.1. The average Bonchev–Trinajstić information content (AvgIpc) is 3.05. The Bertz CT molecular complexity index is 718. The standard InChI is InChI=1S/3C12H24O2.C5H9.Sn/c3*1-2-3-4-5-6-7-8-9-10-11-12(13)14;1-4-5(2)3;/h3*2-11H2,1H3,(H,13,14);4H,1H2,2-3H3;/q;;;;+3/p-3. The fourth-order valence-corrected chi connectivity index (χ4v) is 12.7. The summed E-state index contributed by atoms with van der Waals surface area (Å²) in [6.45, 7) is 10.6. The van der Waals surface area contributed by atoms with Gasteiger partial charge < -0.3 is 0 Å². The molecule has 0 aromatic carbocycles. The summed E-state index contributed by atoms with van der Waals surface area (Å²) in [5.74, 6) is -1.20. The van der Waals surface area contributed by atoms with E-state index in [1.165, 1.54) is 116 Å². The Balaban J connectivity index is 5.13. The molecule has 0 aliphatic carbocycles. The van der Waals surface area contributed by atoms with Crippen LogP contribution >= 0.6 is 0 Å².